The number of aliphatic hydroxyl groups excluding tert-OH is 11. The molecule has 19 nitrogen and oxygen atoms in total. The summed E-state index contributed by atoms with van der Waals surface area (Å²) in [6.45, 7) is 1.60. The lowest BCUT2D eigenvalue weighted by Crippen LogP contribution is -2.66. The van der Waals surface area contributed by atoms with E-state index in [-0.39, 0.29) is 18.9 Å². The van der Waals surface area contributed by atoms with Crippen LogP contribution in [-0.4, -0.2) is 193 Å². The SMILES string of the molecule is CCC/C=C/CC/C=C/C(O)C(COC1OC(CO)C(OC2OC(CO)C(OC3OC(CO)C(O)C(O)C3O)C(O)C2O)C(O)C1O)NC(=O)CCCCCCCCCCCCCCCCCCCCCCCCCCCCCCCCC. The lowest BCUT2D eigenvalue weighted by Gasteiger charge is -2.48. The molecule has 3 aliphatic rings. The number of ether oxygens (including phenoxy) is 6. The number of hydrogen-bond acceptors (Lipinski definition) is 18. The molecule has 12 N–H and O–H groups in total. The minimum atomic E-state index is -1.98. The second-order valence-electron chi connectivity index (χ2n) is 23.9. The fourth-order valence-corrected chi connectivity index (χ4v) is 11.3. The molecule has 0 saturated carbocycles. The smallest absolute Gasteiger partial charge is 0.220 e. The highest BCUT2D eigenvalue weighted by Gasteiger charge is 2.53. The number of nitrogens with one attached hydrogen (secondary N) is 1. The van der Waals surface area contributed by atoms with Gasteiger partial charge in [0, 0.05) is 6.42 Å². The molecule has 0 aromatic heterocycles. The van der Waals surface area contributed by atoms with Crippen molar-refractivity contribution in [2.45, 2.75) is 349 Å². The van der Waals surface area contributed by atoms with Crippen LogP contribution in [0.2, 0.25) is 0 Å². The van der Waals surface area contributed by atoms with Crippen molar-refractivity contribution < 1.29 is 89.4 Å². The summed E-state index contributed by atoms with van der Waals surface area (Å²) in [5.74, 6) is -0.286. The molecule has 3 saturated heterocycles. The zero-order valence-electron chi connectivity index (χ0n) is 51.2. The molecule has 3 aliphatic heterocycles. The fraction of sp³-hybridized carbons (Fsp3) is 0.922. The third-order valence-corrected chi connectivity index (χ3v) is 16.7. The number of hydrogen-bond donors (Lipinski definition) is 12. The number of unbranched alkanes of at least 4 members (excludes halogenated alkanes) is 32. The second-order valence-corrected chi connectivity index (χ2v) is 23.9. The Balaban J connectivity index is 1.31. The highest BCUT2D eigenvalue weighted by atomic mass is 16.8. The summed E-state index contributed by atoms with van der Waals surface area (Å²) in [4.78, 5) is 13.3. The van der Waals surface area contributed by atoms with Crippen molar-refractivity contribution in [3.63, 3.8) is 0 Å². The lowest BCUT2D eigenvalue weighted by atomic mass is 9.96. The van der Waals surface area contributed by atoms with Crippen LogP contribution < -0.4 is 5.32 Å². The van der Waals surface area contributed by atoms with Gasteiger partial charge in [-0.05, 0) is 25.7 Å². The van der Waals surface area contributed by atoms with E-state index in [0.29, 0.717) is 12.8 Å². The van der Waals surface area contributed by atoms with Gasteiger partial charge in [0.1, 0.15) is 73.2 Å². The van der Waals surface area contributed by atoms with Gasteiger partial charge in [-0.1, -0.05) is 237 Å². The van der Waals surface area contributed by atoms with Gasteiger partial charge in [0.05, 0.1) is 38.6 Å². The van der Waals surface area contributed by atoms with Crippen molar-refractivity contribution >= 4 is 5.91 Å². The monoisotopic (exact) mass is 1190 g/mol. The molecular formula is C64H119NO18. The zero-order valence-corrected chi connectivity index (χ0v) is 51.2. The lowest BCUT2D eigenvalue weighted by molar-refractivity contribution is -0.379. The predicted octanol–water partition coefficient (Wildman–Crippen LogP) is 7.49. The van der Waals surface area contributed by atoms with E-state index in [2.05, 4.69) is 31.3 Å². The molecule has 17 atom stereocenters. The van der Waals surface area contributed by atoms with E-state index in [1.807, 2.05) is 6.08 Å². The Bertz CT molecular complexity index is 1610. The van der Waals surface area contributed by atoms with Gasteiger partial charge in [0.2, 0.25) is 5.91 Å². The van der Waals surface area contributed by atoms with Crippen molar-refractivity contribution in [3.8, 4) is 0 Å². The molecule has 488 valence electrons. The van der Waals surface area contributed by atoms with Crippen molar-refractivity contribution in [2.24, 2.45) is 0 Å². The summed E-state index contributed by atoms with van der Waals surface area (Å²) in [5, 5.41) is 120. The summed E-state index contributed by atoms with van der Waals surface area (Å²) in [5.41, 5.74) is 0. The first kappa shape index (κ1) is 75.5. The summed E-state index contributed by atoms with van der Waals surface area (Å²) >= 11 is 0. The van der Waals surface area contributed by atoms with Gasteiger partial charge in [-0.15, -0.1) is 0 Å². The number of amides is 1. The molecule has 0 bridgehead atoms. The molecular weight excluding hydrogens is 1070 g/mol. The summed E-state index contributed by atoms with van der Waals surface area (Å²) in [7, 11) is 0. The topological polar surface area (TPSA) is 307 Å². The Hall–Kier alpha value is -1.73. The van der Waals surface area contributed by atoms with Crippen LogP contribution in [-0.2, 0) is 33.2 Å². The van der Waals surface area contributed by atoms with E-state index in [4.69, 9.17) is 28.4 Å². The first-order valence-corrected chi connectivity index (χ1v) is 33.1. The molecule has 3 fully saturated rings. The van der Waals surface area contributed by atoms with Crippen molar-refractivity contribution in [1.82, 2.24) is 5.32 Å². The number of allylic oxidation sites excluding steroid dienone is 3. The Kier molecular flexibility index (Phi) is 43.0. The molecule has 19 heteroatoms. The second kappa shape index (κ2) is 47.3. The minimum absolute atomic E-state index is 0.239. The highest BCUT2D eigenvalue weighted by molar-refractivity contribution is 5.76. The van der Waals surface area contributed by atoms with Crippen LogP contribution in [0.15, 0.2) is 24.3 Å². The minimum Gasteiger partial charge on any atom is -0.394 e. The number of rotatable bonds is 50. The van der Waals surface area contributed by atoms with Gasteiger partial charge in [-0.3, -0.25) is 4.79 Å². The number of carbonyl (C=O) groups is 1. The van der Waals surface area contributed by atoms with Crippen LogP contribution >= 0.6 is 0 Å². The molecule has 17 unspecified atom stereocenters. The fourth-order valence-electron chi connectivity index (χ4n) is 11.3. The van der Waals surface area contributed by atoms with E-state index in [1.165, 1.54) is 173 Å². The predicted molar refractivity (Wildman–Crippen MR) is 319 cm³/mol. The van der Waals surface area contributed by atoms with E-state index in [1.54, 1.807) is 6.08 Å². The van der Waals surface area contributed by atoms with Crippen LogP contribution in [0.4, 0.5) is 0 Å². The van der Waals surface area contributed by atoms with E-state index in [9.17, 15) is 61.0 Å². The van der Waals surface area contributed by atoms with E-state index in [0.717, 1.165) is 38.5 Å². The average Bonchev–Trinajstić information content (AvgIpc) is 3.43. The maximum atomic E-state index is 13.3. The maximum absolute atomic E-state index is 13.3. The third-order valence-electron chi connectivity index (χ3n) is 16.7. The van der Waals surface area contributed by atoms with Gasteiger partial charge < -0.3 is 89.9 Å². The van der Waals surface area contributed by atoms with E-state index < -0.39 is 124 Å². The standard InChI is InChI=1S/C64H119NO18/c1-3-5-7-9-11-12-13-14-15-16-17-18-19-20-21-22-23-24-25-26-27-28-29-30-31-32-33-34-36-38-40-42-52(70)65-47(48(69)41-39-37-35-10-8-6-4-2)46-78-62-58(76)55(73)60(50(44-67)80-62)83-64-59(77)56(74)61(51(45-68)81-64)82-63-57(75)54(72)53(71)49(43-66)79-63/h8,10,39,41,47-51,53-64,66-69,71-77H,3-7,9,11-38,40,42-46H2,1-2H3,(H,65,70)/b10-8+,41-39+. The van der Waals surface area contributed by atoms with Crippen molar-refractivity contribution in [1.29, 1.82) is 0 Å². The van der Waals surface area contributed by atoms with Crippen molar-refractivity contribution in [2.75, 3.05) is 26.4 Å². The summed E-state index contributed by atoms with van der Waals surface area (Å²) < 4.78 is 34.1. The van der Waals surface area contributed by atoms with Gasteiger partial charge in [-0.25, -0.2) is 0 Å². The molecule has 0 radical (unpaired) electrons. The maximum Gasteiger partial charge on any atom is 0.220 e. The molecule has 0 aromatic rings. The summed E-state index contributed by atoms with van der Waals surface area (Å²) in [6, 6.07) is -0.983. The van der Waals surface area contributed by atoms with Gasteiger partial charge >= 0.3 is 0 Å². The average molecular weight is 1190 g/mol. The van der Waals surface area contributed by atoms with Crippen molar-refractivity contribution in [3.05, 3.63) is 24.3 Å². The van der Waals surface area contributed by atoms with Gasteiger partial charge in [0.15, 0.2) is 18.9 Å². The van der Waals surface area contributed by atoms with Crippen LogP contribution in [0, 0.1) is 0 Å². The first-order chi connectivity index (χ1) is 40.3. The summed E-state index contributed by atoms with van der Waals surface area (Å²) in [6.07, 6.45) is 25.4. The Labute approximate surface area is 498 Å². The zero-order chi connectivity index (χ0) is 60.5. The van der Waals surface area contributed by atoms with Crippen LogP contribution in [0.5, 0.6) is 0 Å². The van der Waals surface area contributed by atoms with E-state index >= 15 is 0 Å². The number of carbonyl (C=O) groups excluding carboxylic acids is 1. The Morgan fingerprint density at radius 1 is 0.422 bits per heavy atom. The van der Waals surface area contributed by atoms with Gasteiger partial charge in [0.25, 0.3) is 0 Å². The molecule has 3 heterocycles. The van der Waals surface area contributed by atoms with Crippen LogP contribution in [0.1, 0.15) is 245 Å². The van der Waals surface area contributed by atoms with Crippen LogP contribution in [0.3, 0.4) is 0 Å². The first-order valence-electron chi connectivity index (χ1n) is 33.1. The Morgan fingerprint density at radius 3 is 1.18 bits per heavy atom. The highest BCUT2D eigenvalue weighted by Crippen LogP contribution is 2.33. The number of aliphatic hydroxyl groups is 11. The molecule has 0 aliphatic carbocycles. The normalized spacial score (nSPS) is 29.5. The van der Waals surface area contributed by atoms with Gasteiger partial charge in [-0.2, -0.15) is 0 Å². The third kappa shape index (κ3) is 30.4. The quantitative estimate of drug-likeness (QED) is 0.0207. The largest absolute Gasteiger partial charge is 0.394 e. The molecule has 0 spiro atoms. The molecule has 0 aromatic carbocycles. The molecule has 3 rings (SSSR count). The Morgan fingerprint density at radius 2 is 0.771 bits per heavy atom. The molecule has 1 amide bonds. The molecule has 83 heavy (non-hydrogen) atoms. The van der Waals surface area contributed by atoms with Crippen LogP contribution in [0.25, 0.3) is 0 Å².